The molecule has 0 unspecified atom stereocenters. The molecule has 2 aromatic heterocycles. The largest absolute Gasteiger partial charge is 0.493 e. The lowest BCUT2D eigenvalue weighted by Gasteiger charge is -1.92. The van der Waals surface area contributed by atoms with E-state index in [9.17, 15) is 0 Å². The highest BCUT2D eigenvalue weighted by Crippen LogP contribution is 2.21. The van der Waals surface area contributed by atoms with Crippen molar-refractivity contribution in [1.29, 1.82) is 0 Å². The van der Waals surface area contributed by atoms with Crippen molar-refractivity contribution in [2.45, 2.75) is 0 Å². The molecule has 2 rings (SSSR count). The van der Waals surface area contributed by atoms with Gasteiger partial charge in [-0.2, -0.15) is 0 Å². The Labute approximate surface area is 64.0 Å². The van der Waals surface area contributed by atoms with Gasteiger partial charge in [0.25, 0.3) is 0 Å². The van der Waals surface area contributed by atoms with Crippen LogP contribution in [0.1, 0.15) is 0 Å². The first-order valence-corrected chi connectivity index (χ1v) is 3.38. The first-order chi connectivity index (χ1) is 5.42. The van der Waals surface area contributed by atoms with Gasteiger partial charge in [-0.1, -0.05) is 0 Å². The highest BCUT2D eigenvalue weighted by molar-refractivity contribution is 5.81. The van der Waals surface area contributed by atoms with Gasteiger partial charge in [0.2, 0.25) is 0 Å². The summed E-state index contributed by atoms with van der Waals surface area (Å²) < 4.78 is 5.07. The van der Waals surface area contributed by atoms with E-state index in [-0.39, 0.29) is 0 Å². The van der Waals surface area contributed by atoms with Crippen LogP contribution in [0.2, 0.25) is 0 Å². The Balaban J connectivity index is 2.76. The molecule has 0 saturated heterocycles. The minimum atomic E-state index is 0.792. The number of methoxy groups -OCH3 is 1. The number of nitrogens with one attached hydrogen (secondary N) is 1. The monoisotopic (exact) mass is 148 g/mol. The van der Waals surface area contributed by atoms with Crippen molar-refractivity contribution in [3.8, 4) is 5.75 Å². The number of fused-ring (bicyclic) bond motifs is 1. The molecular weight excluding hydrogens is 140 g/mol. The Morgan fingerprint density at radius 1 is 1.55 bits per heavy atom. The number of aromatic nitrogens is 2. The number of pyridine rings is 1. The molecule has 0 aliphatic heterocycles. The van der Waals surface area contributed by atoms with Crippen LogP contribution >= 0.6 is 0 Å². The third-order valence-electron chi connectivity index (χ3n) is 1.62. The number of nitrogens with zero attached hydrogens (tertiary/aromatic N) is 1. The number of H-pyrrole nitrogens is 1. The van der Waals surface area contributed by atoms with E-state index in [1.54, 1.807) is 19.5 Å². The van der Waals surface area contributed by atoms with E-state index >= 15 is 0 Å². The van der Waals surface area contributed by atoms with E-state index in [4.69, 9.17) is 4.74 Å². The fraction of sp³-hybridized carbons (Fsp3) is 0.125. The molecule has 56 valence electrons. The van der Waals surface area contributed by atoms with Gasteiger partial charge in [0.15, 0.2) is 5.75 Å². The molecule has 0 aromatic carbocycles. The van der Waals surface area contributed by atoms with Gasteiger partial charge in [-0.05, 0) is 12.1 Å². The van der Waals surface area contributed by atoms with Crippen LogP contribution in [0, 0.1) is 0 Å². The maximum Gasteiger partial charge on any atom is 0.162 e. The highest BCUT2D eigenvalue weighted by Gasteiger charge is 2.01. The summed E-state index contributed by atoms with van der Waals surface area (Å²) in [6.07, 6.45) is 3.55. The third-order valence-corrected chi connectivity index (χ3v) is 1.62. The quantitative estimate of drug-likeness (QED) is 0.666. The summed E-state index contributed by atoms with van der Waals surface area (Å²) in [5, 5.41) is 0. The zero-order valence-electron chi connectivity index (χ0n) is 6.16. The van der Waals surface area contributed by atoms with Gasteiger partial charge in [-0.3, -0.25) is 4.98 Å². The summed E-state index contributed by atoms with van der Waals surface area (Å²) in [5.41, 5.74) is 1.89. The Morgan fingerprint density at radius 3 is 3.27 bits per heavy atom. The molecule has 0 fully saturated rings. The molecule has 0 amide bonds. The van der Waals surface area contributed by atoms with Crippen molar-refractivity contribution < 1.29 is 4.74 Å². The van der Waals surface area contributed by atoms with Crippen molar-refractivity contribution in [3.05, 3.63) is 24.5 Å². The second-order valence-electron chi connectivity index (χ2n) is 2.26. The van der Waals surface area contributed by atoms with Crippen molar-refractivity contribution in [3.63, 3.8) is 0 Å². The number of ether oxygens (including phenoxy) is 1. The van der Waals surface area contributed by atoms with E-state index in [1.807, 2.05) is 12.1 Å². The molecule has 0 spiro atoms. The molecule has 0 radical (unpaired) electrons. The van der Waals surface area contributed by atoms with Gasteiger partial charge in [-0.15, -0.1) is 0 Å². The van der Waals surface area contributed by atoms with Crippen LogP contribution in [0.3, 0.4) is 0 Å². The van der Waals surface area contributed by atoms with E-state index in [0.717, 1.165) is 16.8 Å². The van der Waals surface area contributed by atoms with Crippen molar-refractivity contribution in [2.75, 3.05) is 7.11 Å². The van der Waals surface area contributed by atoms with Crippen LogP contribution in [0.5, 0.6) is 5.75 Å². The minimum Gasteiger partial charge on any atom is -0.493 e. The SMILES string of the molecule is COc1c[nH]c2cccnc12. The molecule has 1 N–H and O–H groups in total. The standard InChI is InChI=1S/C8H8N2O/c1-11-7-5-10-6-3-2-4-9-8(6)7/h2-5,10H,1H3. The number of aromatic amines is 1. The highest BCUT2D eigenvalue weighted by atomic mass is 16.5. The van der Waals surface area contributed by atoms with Gasteiger partial charge < -0.3 is 9.72 Å². The molecular formula is C8H8N2O. The second kappa shape index (κ2) is 2.27. The summed E-state index contributed by atoms with van der Waals surface area (Å²) >= 11 is 0. The molecule has 2 aromatic rings. The molecule has 3 nitrogen and oxygen atoms in total. The first-order valence-electron chi connectivity index (χ1n) is 3.38. The van der Waals surface area contributed by atoms with Gasteiger partial charge in [-0.25, -0.2) is 0 Å². The molecule has 2 heterocycles. The van der Waals surface area contributed by atoms with Crippen molar-refractivity contribution in [2.24, 2.45) is 0 Å². The van der Waals surface area contributed by atoms with Crippen molar-refractivity contribution >= 4 is 11.0 Å². The normalized spacial score (nSPS) is 10.3. The third kappa shape index (κ3) is 0.852. The summed E-state index contributed by atoms with van der Waals surface area (Å²) in [6, 6.07) is 3.85. The minimum absolute atomic E-state index is 0.792. The fourth-order valence-corrected chi connectivity index (χ4v) is 1.09. The predicted octanol–water partition coefficient (Wildman–Crippen LogP) is 1.57. The van der Waals surface area contributed by atoms with Crippen LogP contribution in [-0.2, 0) is 0 Å². The van der Waals surface area contributed by atoms with Gasteiger partial charge in [0.05, 0.1) is 12.6 Å². The maximum absolute atomic E-state index is 5.07. The first kappa shape index (κ1) is 6.22. The number of hydrogen-bond donors (Lipinski definition) is 1. The van der Waals surface area contributed by atoms with E-state index in [1.165, 1.54) is 0 Å². The van der Waals surface area contributed by atoms with Crippen LogP contribution in [0.15, 0.2) is 24.5 Å². The Hall–Kier alpha value is -1.51. The summed E-state index contributed by atoms with van der Waals surface area (Å²) in [7, 11) is 1.64. The maximum atomic E-state index is 5.07. The lowest BCUT2D eigenvalue weighted by Crippen LogP contribution is -1.80. The lowest BCUT2D eigenvalue weighted by atomic mass is 10.4. The van der Waals surface area contributed by atoms with Gasteiger partial charge in [0.1, 0.15) is 5.52 Å². The zero-order chi connectivity index (χ0) is 7.68. The van der Waals surface area contributed by atoms with Gasteiger partial charge in [0, 0.05) is 12.4 Å². The molecule has 3 heteroatoms. The average molecular weight is 148 g/mol. The zero-order valence-corrected chi connectivity index (χ0v) is 6.16. The second-order valence-corrected chi connectivity index (χ2v) is 2.26. The van der Waals surface area contributed by atoms with E-state index in [2.05, 4.69) is 9.97 Å². The van der Waals surface area contributed by atoms with Crippen molar-refractivity contribution in [1.82, 2.24) is 9.97 Å². The number of hydrogen-bond acceptors (Lipinski definition) is 2. The van der Waals surface area contributed by atoms with E-state index < -0.39 is 0 Å². The van der Waals surface area contributed by atoms with Gasteiger partial charge >= 0.3 is 0 Å². The number of rotatable bonds is 1. The van der Waals surface area contributed by atoms with E-state index in [0.29, 0.717) is 0 Å². The lowest BCUT2D eigenvalue weighted by molar-refractivity contribution is 0.419. The van der Waals surface area contributed by atoms with Crippen LogP contribution in [0.4, 0.5) is 0 Å². The topological polar surface area (TPSA) is 37.9 Å². The summed E-state index contributed by atoms with van der Waals surface area (Å²) in [4.78, 5) is 7.21. The smallest absolute Gasteiger partial charge is 0.162 e. The molecule has 0 saturated carbocycles. The average Bonchev–Trinajstić information content (AvgIpc) is 2.47. The predicted molar refractivity (Wildman–Crippen MR) is 42.6 cm³/mol. The summed E-state index contributed by atoms with van der Waals surface area (Å²) in [6.45, 7) is 0. The molecule has 0 atom stereocenters. The van der Waals surface area contributed by atoms with Crippen LogP contribution in [0.25, 0.3) is 11.0 Å². The molecule has 0 bridgehead atoms. The van der Waals surface area contributed by atoms with Crippen LogP contribution < -0.4 is 4.74 Å². The molecule has 0 aliphatic rings. The Kier molecular flexibility index (Phi) is 1.28. The summed E-state index contributed by atoms with van der Waals surface area (Å²) in [5.74, 6) is 0.792. The Morgan fingerprint density at radius 2 is 2.45 bits per heavy atom. The van der Waals surface area contributed by atoms with Crippen LogP contribution in [-0.4, -0.2) is 17.1 Å². The Bertz CT molecular complexity index is 367. The molecule has 0 aliphatic carbocycles. The molecule has 11 heavy (non-hydrogen) atoms. The fourth-order valence-electron chi connectivity index (χ4n) is 1.09.